The van der Waals surface area contributed by atoms with E-state index in [1.165, 1.54) is 15.3 Å². The molecule has 1 atom stereocenters. The van der Waals surface area contributed by atoms with E-state index < -0.39 is 0 Å². The van der Waals surface area contributed by atoms with Gasteiger partial charge in [-0.1, -0.05) is 23.7 Å². The van der Waals surface area contributed by atoms with Crippen LogP contribution in [0.15, 0.2) is 36.4 Å². The van der Waals surface area contributed by atoms with Crippen LogP contribution in [0.4, 0.5) is 0 Å². The highest BCUT2D eigenvalue weighted by atomic mass is 35.5. The van der Waals surface area contributed by atoms with Gasteiger partial charge in [-0.15, -0.1) is 11.3 Å². The van der Waals surface area contributed by atoms with Crippen LogP contribution in [0.3, 0.4) is 0 Å². The zero-order valence-corrected chi connectivity index (χ0v) is 16.3. The number of thiophene rings is 1. The van der Waals surface area contributed by atoms with E-state index in [-0.39, 0.29) is 12.0 Å². The molecule has 1 unspecified atom stereocenters. The summed E-state index contributed by atoms with van der Waals surface area (Å²) in [5, 5.41) is 0.768. The van der Waals surface area contributed by atoms with E-state index in [4.69, 9.17) is 16.3 Å². The number of nitrogens with zero attached hydrogens (tertiary/aromatic N) is 2. The molecular weight excluding hydrogens is 368 g/mol. The van der Waals surface area contributed by atoms with Crippen molar-refractivity contribution in [2.75, 3.05) is 32.8 Å². The predicted molar refractivity (Wildman–Crippen MR) is 106 cm³/mol. The van der Waals surface area contributed by atoms with Crippen molar-refractivity contribution in [3.05, 3.63) is 46.3 Å². The van der Waals surface area contributed by atoms with Crippen LogP contribution < -0.4 is 0 Å². The lowest BCUT2D eigenvalue weighted by Crippen LogP contribution is -2.50. The second-order valence-electron chi connectivity index (χ2n) is 6.88. The number of rotatable bonds is 4. The van der Waals surface area contributed by atoms with Crippen molar-refractivity contribution in [3.63, 3.8) is 0 Å². The second-order valence-corrected chi connectivity index (χ2v) is 8.48. The van der Waals surface area contributed by atoms with Gasteiger partial charge in [0.05, 0.1) is 0 Å². The highest BCUT2D eigenvalue weighted by Gasteiger charge is 2.30. The van der Waals surface area contributed by atoms with Crippen LogP contribution in [-0.4, -0.2) is 54.6 Å². The number of amides is 1. The van der Waals surface area contributed by atoms with Gasteiger partial charge in [0, 0.05) is 54.1 Å². The molecule has 138 valence electrons. The Morgan fingerprint density at radius 3 is 2.77 bits per heavy atom. The fourth-order valence-corrected chi connectivity index (χ4v) is 4.82. The molecule has 1 aromatic carbocycles. The SMILES string of the molecule is O=C(C1CCCO1)N1CCN(Cc2ccc(-c3cccc(Cl)c3)s2)CC1. The minimum atomic E-state index is -0.195. The van der Waals surface area contributed by atoms with Gasteiger partial charge < -0.3 is 9.64 Å². The van der Waals surface area contributed by atoms with Gasteiger partial charge in [-0.05, 0) is 42.7 Å². The Hall–Kier alpha value is -1.40. The Morgan fingerprint density at radius 2 is 2.04 bits per heavy atom. The van der Waals surface area contributed by atoms with Crippen molar-refractivity contribution in [2.45, 2.75) is 25.5 Å². The Kier molecular flexibility index (Phi) is 5.60. The van der Waals surface area contributed by atoms with Gasteiger partial charge in [0.15, 0.2) is 0 Å². The van der Waals surface area contributed by atoms with Crippen molar-refractivity contribution in [1.82, 2.24) is 9.80 Å². The van der Waals surface area contributed by atoms with Crippen molar-refractivity contribution in [2.24, 2.45) is 0 Å². The lowest BCUT2D eigenvalue weighted by molar-refractivity contribution is -0.142. The van der Waals surface area contributed by atoms with Crippen LogP contribution in [0.1, 0.15) is 17.7 Å². The van der Waals surface area contributed by atoms with Gasteiger partial charge in [-0.2, -0.15) is 0 Å². The maximum Gasteiger partial charge on any atom is 0.251 e. The van der Waals surface area contributed by atoms with E-state index in [2.05, 4.69) is 23.1 Å². The zero-order chi connectivity index (χ0) is 17.9. The first-order chi connectivity index (χ1) is 12.7. The summed E-state index contributed by atoms with van der Waals surface area (Å²) >= 11 is 7.91. The number of hydrogen-bond donors (Lipinski definition) is 0. The molecule has 0 bridgehead atoms. The molecular formula is C20H23ClN2O2S. The molecule has 0 spiro atoms. The third-order valence-corrected chi connectivity index (χ3v) is 6.39. The second kappa shape index (κ2) is 8.09. The molecule has 26 heavy (non-hydrogen) atoms. The van der Waals surface area contributed by atoms with Crippen molar-refractivity contribution >= 4 is 28.8 Å². The van der Waals surface area contributed by atoms with Gasteiger partial charge in [0.25, 0.3) is 5.91 Å². The summed E-state index contributed by atoms with van der Waals surface area (Å²) in [6, 6.07) is 12.4. The summed E-state index contributed by atoms with van der Waals surface area (Å²) in [6.45, 7) is 5.10. The number of benzene rings is 1. The molecule has 1 aromatic heterocycles. The Labute approximate surface area is 163 Å². The standard InChI is InChI=1S/C20H23ClN2O2S/c21-16-4-1-3-15(13-16)19-7-6-17(26-19)14-22-8-10-23(11-9-22)20(24)18-5-2-12-25-18/h1,3-4,6-7,13,18H,2,5,8-12,14H2. The minimum Gasteiger partial charge on any atom is -0.368 e. The Balaban J connectivity index is 1.31. The predicted octanol–water partition coefficient (Wildman–Crippen LogP) is 3.89. The molecule has 2 fully saturated rings. The maximum atomic E-state index is 12.4. The highest BCUT2D eigenvalue weighted by Crippen LogP contribution is 2.30. The van der Waals surface area contributed by atoms with Gasteiger partial charge in [-0.25, -0.2) is 0 Å². The van der Waals surface area contributed by atoms with Gasteiger partial charge in [0.2, 0.25) is 0 Å². The first kappa shape index (κ1) is 18.0. The van der Waals surface area contributed by atoms with E-state index in [1.54, 1.807) is 0 Å². The number of piperazine rings is 1. The highest BCUT2D eigenvalue weighted by molar-refractivity contribution is 7.15. The third kappa shape index (κ3) is 4.12. The number of carbonyl (C=O) groups is 1. The number of carbonyl (C=O) groups excluding carboxylic acids is 1. The lowest BCUT2D eigenvalue weighted by Gasteiger charge is -2.35. The molecule has 0 saturated carbocycles. The third-order valence-electron chi connectivity index (χ3n) is 5.04. The van der Waals surface area contributed by atoms with Crippen LogP contribution in [0.25, 0.3) is 10.4 Å². The number of ether oxygens (including phenoxy) is 1. The molecule has 4 rings (SSSR count). The van der Waals surface area contributed by atoms with E-state index >= 15 is 0 Å². The fraction of sp³-hybridized carbons (Fsp3) is 0.450. The smallest absolute Gasteiger partial charge is 0.251 e. The average Bonchev–Trinajstić information content (AvgIpc) is 3.34. The van der Waals surface area contributed by atoms with E-state index in [1.807, 2.05) is 34.4 Å². The topological polar surface area (TPSA) is 32.8 Å². The summed E-state index contributed by atoms with van der Waals surface area (Å²) in [7, 11) is 0. The zero-order valence-electron chi connectivity index (χ0n) is 14.7. The summed E-state index contributed by atoms with van der Waals surface area (Å²) < 4.78 is 5.53. The van der Waals surface area contributed by atoms with Crippen molar-refractivity contribution in [1.29, 1.82) is 0 Å². The average molecular weight is 391 g/mol. The maximum absolute atomic E-state index is 12.4. The van der Waals surface area contributed by atoms with Crippen LogP contribution in [0, 0.1) is 0 Å². The van der Waals surface area contributed by atoms with E-state index in [0.29, 0.717) is 0 Å². The molecule has 2 aromatic rings. The fourth-order valence-electron chi connectivity index (χ4n) is 3.58. The quantitative estimate of drug-likeness (QED) is 0.793. The molecule has 2 aliphatic heterocycles. The molecule has 0 radical (unpaired) electrons. The van der Waals surface area contributed by atoms with Gasteiger partial charge in [0.1, 0.15) is 6.10 Å². The van der Waals surface area contributed by atoms with E-state index in [0.717, 1.165) is 57.2 Å². The Morgan fingerprint density at radius 1 is 1.19 bits per heavy atom. The van der Waals surface area contributed by atoms with Crippen LogP contribution >= 0.6 is 22.9 Å². The van der Waals surface area contributed by atoms with Crippen molar-refractivity contribution in [3.8, 4) is 10.4 Å². The van der Waals surface area contributed by atoms with Crippen LogP contribution in [0.5, 0.6) is 0 Å². The normalized spacial score (nSPS) is 21.3. The number of halogens is 1. The van der Waals surface area contributed by atoms with Crippen LogP contribution in [0.2, 0.25) is 5.02 Å². The van der Waals surface area contributed by atoms with Crippen molar-refractivity contribution < 1.29 is 9.53 Å². The Bertz CT molecular complexity index is 765. The molecule has 2 aliphatic rings. The number of hydrogen-bond acceptors (Lipinski definition) is 4. The first-order valence-corrected chi connectivity index (χ1v) is 10.4. The molecule has 0 aliphatic carbocycles. The molecule has 0 N–H and O–H groups in total. The first-order valence-electron chi connectivity index (χ1n) is 9.16. The lowest BCUT2D eigenvalue weighted by atomic mass is 10.2. The van der Waals surface area contributed by atoms with Gasteiger partial charge in [-0.3, -0.25) is 9.69 Å². The van der Waals surface area contributed by atoms with Crippen LogP contribution in [-0.2, 0) is 16.1 Å². The summed E-state index contributed by atoms with van der Waals surface area (Å²) in [6.07, 6.45) is 1.68. The summed E-state index contributed by atoms with van der Waals surface area (Å²) in [5.74, 6) is 0.182. The monoisotopic (exact) mass is 390 g/mol. The molecule has 2 saturated heterocycles. The van der Waals surface area contributed by atoms with E-state index in [9.17, 15) is 4.79 Å². The summed E-state index contributed by atoms with van der Waals surface area (Å²) in [4.78, 5) is 19.4. The largest absolute Gasteiger partial charge is 0.368 e. The molecule has 3 heterocycles. The minimum absolute atomic E-state index is 0.182. The molecule has 1 amide bonds. The summed E-state index contributed by atoms with van der Waals surface area (Å²) in [5.41, 5.74) is 1.17. The molecule has 4 nitrogen and oxygen atoms in total. The van der Waals surface area contributed by atoms with Gasteiger partial charge >= 0.3 is 0 Å². The molecule has 6 heteroatoms.